The van der Waals surface area contributed by atoms with E-state index in [0.29, 0.717) is 13.2 Å². The van der Waals surface area contributed by atoms with Crippen LogP contribution in [0.15, 0.2) is 47.3 Å². The topological polar surface area (TPSA) is 37.7 Å². The molecule has 0 saturated heterocycles. The summed E-state index contributed by atoms with van der Waals surface area (Å²) in [7, 11) is 0. The van der Waals surface area contributed by atoms with Gasteiger partial charge in [-0.25, -0.2) is 0 Å². The second-order valence-corrected chi connectivity index (χ2v) is 7.58. The molecule has 1 heterocycles. The second-order valence-electron chi connectivity index (χ2n) is 7.58. The fraction of sp³-hybridized carbons (Fsp3) is 0.480. The molecule has 0 bridgehead atoms. The highest BCUT2D eigenvalue weighted by molar-refractivity contribution is 6.05. The summed E-state index contributed by atoms with van der Waals surface area (Å²) in [6.45, 7) is 15.7. The summed E-state index contributed by atoms with van der Waals surface area (Å²) in [5.41, 5.74) is 1.06. The molecule has 0 fully saturated rings. The molecule has 30 heavy (non-hydrogen) atoms. The zero-order valence-corrected chi connectivity index (χ0v) is 18.9. The second kappa shape index (κ2) is 10.6. The number of likely N-dealkylation sites (N-methyl/N-ethyl adjacent to an activating group) is 2. The summed E-state index contributed by atoms with van der Waals surface area (Å²) < 4.78 is 7.92. The van der Waals surface area contributed by atoms with E-state index < -0.39 is 0 Å². The first-order chi connectivity index (χ1) is 14.6. The van der Waals surface area contributed by atoms with Gasteiger partial charge >= 0.3 is 0 Å². The van der Waals surface area contributed by atoms with Crippen molar-refractivity contribution < 1.29 is 4.74 Å². The minimum Gasteiger partial charge on any atom is -0.492 e. The standard InChI is InChI=1S/C25H35N3O2/c1-5-26(6-2)15-16-28-24-12-10-9-11-22(24)21-14-13-20(19-23(21)25(28)29)30-18-17-27(7-3)8-4/h9-14,19H,5-8,15-18H2,1-4H3. The molecule has 0 radical (unpaired) electrons. The molecule has 3 rings (SSSR count). The van der Waals surface area contributed by atoms with Crippen LogP contribution in [0.4, 0.5) is 0 Å². The van der Waals surface area contributed by atoms with E-state index in [2.05, 4.69) is 43.6 Å². The molecule has 5 nitrogen and oxygen atoms in total. The Morgan fingerprint density at radius 1 is 0.800 bits per heavy atom. The highest BCUT2D eigenvalue weighted by Gasteiger charge is 2.12. The number of para-hydroxylation sites is 1. The zero-order valence-electron chi connectivity index (χ0n) is 18.9. The van der Waals surface area contributed by atoms with Gasteiger partial charge in [0.05, 0.1) is 10.9 Å². The summed E-state index contributed by atoms with van der Waals surface area (Å²) in [6.07, 6.45) is 0. The van der Waals surface area contributed by atoms with E-state index in [4.69, 9.17) is 4.74 Å². The fourth-order valence-corrected chi connectivity index (χ4v) is 4.05. The lowest BCUT2D eigenvalue weighted by molar-refractivity contribution is 0.223. The minimum absolute atomic E-state index is 0.0602. The Hall–Kier alpha value is -2.37. The van der Waals surface area contributed by atoms with Crippen LogP contribution in [0, 0.1) is 0 Å². The smallest absolute Gasteiger partial charge is 0.259 e. The van der Waals surface area contributed by atoms with E-state index in [1.54, 1.807) is 0 Å². The predicted octanol–water partition coefficient (Wildman–Crippen LogP) is 4.22. The Labute approximate surface area is 179 Å². The highest BCUT2D eigenvalue weighted by Crippen LogP contribution is 2.26. The van der Waals surface area contributed by atoms with Crippen molar-refractivity contribution in [1.82, 2.24) is 14.4 Å². The molecule has 0 N–H and O–H groups in total. The van der Waals surface area contributed by atoms with Crippen LogP contribution in [0.5, 0.6) is 5.75 Å². The summed E-state index contributed by atoms with van der Waals surface area (Å²) in [4.78, 5) is 18.1. The third-order valence-electron chi connectivity index (χ3n) is 6.06. The summed E-state index contributed by atoms with van der Waals surface area (Å²) in [6, 6.07) is 14.1. The fourth-order valence-electron chi connectivity index (χ4n) is 4.05. The number of fused-ring (bicyclic) bond motifs is 3. The van der Waals surface area contributed by atoms with E-state index in [1.807, 2.05) is 41.0 Å². The van der Waals surface area contributed by atoms with Crippen LogP contribution >= 0.6 is 0 Å². The summed E-state index contributed by atoms with van der Waals surface area (Å²) in [5.74, 6) is 0.761. The number of benzene rings is 2. The van der Waals surface area contributed by atoms with Gasteiger partial charge in [0.1, 0.15) is 12.4 Å². The molecule has 0 saturated carbocycles. The van der Waals surface area contributed by atoms with Crippen molar-refractivity contribution in [3.05, 3.63) is 52.8 Å². The molecule has 0 unspecified atom stereocenters. The lowest BCUT2D eigenvalue weighted by Gasteiger charge is -2.20. The Kier molecular flexibility index (Phi) is 7.88. The van der Waals surface area contributed by atoms with Gasteiger partial charge in [-0.3, -0.25) is 4.79 Å². The number of nitrogens with zero attached hydrogens (tertiary/aromatic N) is 3. The van der Waals surface area contributed by atoms with E-state index in [1.165, 1.54) is 0 Å². The van der Waals surface area contributed by atoms with Crippen LogP contribution in [-0.4, -0.2) is 60.2 Å². The molecule has 1 aromatic heterocycles. The first-order valence-electron chi connectivity index (χ1n) is 11.3. The molecular weight excluding hydrogens is 374 g/mol. The normalized spacial score (nSPS) is 11.8. The molecule has 0 spiro atoms. The third-order valence-corrected chi connectivity index (χ3v) is 6.06. The summed E-state index contributed by atoms with van der Waals surface area (Å²) >= 11 is 0. The zero-order chi connectivity index (χ0) is 21.5. The van der Waals surface area contributed by atoms with Crippen LogP contribution in [0.3, 0.4) is 0 Å². The maximum atomic E-state index is 13.4. The van der Waals surface area contributed by atoms with Crippen molar-refractivity contribution in [3.8, 4) is 5.75 Å². The van der Waals surface area contributed by atoms with Gasteiger partial charge in [-0.15, -0.1) is 0 Å². The Bertz CT molecular complexity index is 1020. The first kappa shape index (κ1) is 22.3. The van der Waals surface area contributed by atoms with Crippen LogP contribution in [0.25, 0.3) is 21.7 Å². The molecule has 0 amide bonds. The van der Waals surface area contributed by atoms with E-state index in [-0.39, 0.29) is 5.56 Å². The van der Waals surface area contributed by atoms with E-state index in [9.17, 15) is 4.79 Å². The van der Waals surface area contributed by atoms with E-state index >= 15 is 0 Å². The average Bonchev–Trinajstić information content (AvgIpc) is 2.79. The highest BCUT2D eigenvalue weighted by atomic mass is 16.5. The quantitative estimate of drug-likeness (QED) is 0.445. The molecule has 2 aromatic carbocycles. The lowest BCUT2D eigenvalue weighted by Crippen LogP contribution is -2.31. The van der Waals surface area contributed by atoms with Crippen molar-refractivity contribution in [2.75, 3.05) is 45.9 Å². The number of aromatic nitrogens is 1. The van der Waals surface area contributed by atoms with Gasteiger partial charge in [0.2, 0.25) is 0 Å². The van der Waals surface area contributed by atoms with Crippen molar-refractivity contribution >= 4 is 21.7 Å². The summed E-state index contributed by atoms with van der Waals surface area (Å²) in [5, 5.41) is 2.83. The molecule has 5 heteroatoms. The van der Waals surface area contributed by atoms with Gasteiger partial charge in [-0.05, 0) is 55.8 Å². The lowest BCUT2D eigenvalue weighted by atomic mass is 10.1. The maximum absolute atomic E-state index is 13.4. The number of pyridine rings is 1. The molecule has 0 atom stereocenters. The van der Waals surface area contributed by atoms with Gasteiger partial charge in [0, 0.05) is 25.0 Å². The molecular formula is C25H35N3O2. The maximum Gasteiger partial charge on any atom is 0.259 e. The van der Waals surface area contributed by atoms with Gasteiger partial charge < -0.3 is 19.1 Å². The minimum atomic E-state index is 0.0602. The van der Waals surface area contributed by atoms with Gasteiger partial charge in [0.15, 0.2) is 0 Å². The van der Waals surface area contributed by atoms with Crippen LogP contribution in [-0.2, 0) is 6.54 Å². The van der Waals surface area contributed by atoms with Gasteiger partial charge in [0.25, 0.3) is 5.56 Å². The number of hydrogen-bond acceptors (Lipinski definition) is 4. The molecule has 3 aromatic rings. The molecule has 162 valence electrons. The molecule has 0 aliphatic carbocycles. The number of rotatable bonds is 11. The van der Waals surface area contributed by atoms with Crippen LogP contribution < -0.4 is 10.3 Å². The Balaban J connectivity index is 1.96. The van der Waals surface area contributed by atoms with Crippen molar-refractivity contribution in [2.45, 2.75) is 34.2 Å². The molecule has 0 aliphatic rings. The van der Waals surface area contributed by atoms with Crippen molar-refractivity contribution in [1.29, 1.82) is 0 Å². The largest absolute Gasteiger partial charge is 0.492 e. The van der Waals surface area contributed by atoms with Crippen LogP contribution in [0.2, 0.25) is 0 Å². The van der Waals surface area contributed by atoms with E-state index in [0.717, 1.165) is 66.7 Å². The average molecular weight is 410 g/mol. The van der Waals surface area contributed by atoms with Crippen molar-refractivity contribution in [3.63, 3.8) is 0 Å². The SMILES string of the molecule is CCN(CC)CCOc1ccc2c(c1)c(=O)n(CCN(CC)CC)c1ccccc21. The molecule has 0 aliphatic heterocycles. The Morgan fingerprint density at radius 2 is 1.47 bits per heavy atom. The number of hydrogen-bond donors (Lipinski definition) is 0. The van der Waals surface area contributed by atoms with Crippen LogP contribution in [0.1, 0.15) is 27.7 Å². The third kappa shape index (κ3) is 4.85. The van der Waals surface area contributed by atoms with Gasteiger partial charge in [-0.2, -0.15) is 0 Å². The predicted molar refractivity (Wildman–Crippen MR) is 127 cm³/mol. The van der Waals surface area contributed by atoms with Crippen molar-refractivity contribution in [2.24, 2.45) is 0 Å². The monoisotopic (exact) mass is 409 g/mol. The number of ether oxygens (including phenoxy) is 1. The Morgan fingerprint density at radius 3 is 2.17 bits per heavy atom. The first-order valence-corrected chi connectivity index (χ1v) is 11.3. The van der Waals surface area contributed by atoms with Gasteiger partial charge in [-0.1, -0.05) is 45.9 Å².